The number of aromatic nitrogens is 2. The van der Waals surface area contributed by atoms with Crippen molar-refractivity contribution in [2.24, 2.45) is 11.8 Å². The number of hydrogen-bond donors (Lipinski definition) is 2. The summed E-state index contributed by atoms with van der Waals surface area (Å²) in [5.74, 6) is 1.53. The highest BCUT2D eigenvalue weighted by atomic mass is 16.3. The standard InChI is InChI=1S/C23H33N3O2/c1-15(2)20(21-14-25-23-19(21)7-4-9-24-23)13-22(28)26-17-6-3-5-16(11-17)12-18(26)8-10-27/h4,7,9,14-18,20,27H,3,5-6,8,10-13H2,1-2H3,(H,24,25). The predicted octanol–water partition coefficient (Wildman–Crippen LogP) is 4.23. The zero-order valence-electron chi connectivity index (χ0n) is 17.1. The average Bonchev–Trinajstić information content (AvgIpc) is 3.10. The normalized spacial score (nSPS) is 26.0. The smallest absolute Gasteiger partial charge is 0.223 e. The van der Waals surface area contributed by atoms with Crippen LogP contribution in [0.4, 0.5) is 0 Å². The Labute approximate surface area is 167 Å². The van der Waals surface area contributed by atoms with Gasteiger partial charge >= 0.3 is 0 Å². The number of carbonyl (C=O) groups is 1. The molecule has 4 unspecified atom stereocenters. The summed E-state index contributed by atoms with van der Waals surface area (Å²) in [4.78, 5) is 23.4. The summed E-state index contributed by atoms with van der Waals surface area (Å²) in [5.41, 5.74) is 2.09. The molecule has 1 aliphatic carbocycles. The molecule has 2 fully saturated rings. The summed E-state index contributed by atoms with van der Waals surface area (Å²) in [6.45, 7) is 4.56. The van der Waals surface area contributed by atoms with Gasteiger partial charge in [-0.15, -0.1) is 0 Å². The number of piperidine rings is 1. The highest BCUT2D eigenvalue weighted by Crippen LogP contribution is 2.41. The van der Waals surface area contributed by atoms with Crippen LogP contribution < -0.4 is 0 Å². The van der Waals surface area contributed by atoms with E-state index in [1.807, 2.05) is 12.3 Å². The van der Waals surface area contributed by atoms with E-state index in [2.05, 4.69) is 34.8 Å². The minimum atomic E-state index is 0.162. The molecule has 2 N–H and O–H groups in total. The van der Waals surface area contributed by atoms with Gasteiger partial charge in [0.05, 0.1) is 0 Å². The van der Waals surface area contributed by atoms with Crippen molar-refractivity contribution in [2.45, 2.75) is 76.8 Å². The zero-order valence-corrected chi connectivity index (χ0v) is 17.1. The van der Waals surface area contributed by atoms with E-state index >= 15 is 0 Å². The molecule has 152 valence electrons. The molecule has 2 aromatic heterocycles. The van der Waals surface area contributed by atoms with E-state index in [0.29, 0.717) is 24.8 Å². The van der Waals surface area contributed by atoms with Gasteiger partial charge in [-0.2, -0.15) is 0 Å². The van der Waals surface area contributed by atoms with Crippen LogP contribution in [0.1, 0.15) is 70.3 Å². The van der Waals surface area contributed by atoms with E-state index in [0.717, 1.165) is 36.2 Å². The van der Waals surface area contributed by atoms with Gasteiger partial charge in [0, 0.05) is 42.9 Å². The van der Waals surface area contributed by atoms with Crippen LogP contribution in [0, 0.1) is 11.8 Å². The third kappa shape index (κ3) is 3.69. The number of hydrogen-bond acceptors (Lipinski definition) is 3. The van der Waals surface area contributed by atoms with Crippen molar-refractivity contribution in [3.63, 3.8) is 0 Å². The van der Waals surface area contributed by atoms with E-state index in [1.54, 1.807) is 6.20 Å². The summed E-state index contributed by atoms with van der Waals surface area (Å²) in [6, 6.07) is 4.63. The first-order chi connectivity index (χ1) is 13.6. The zero-order chi connectivity index (χ0) is 19.7. The molecule has 5 heteroatoms. The maximum Gasteiger partial charge on any atom is 0.223 e. The van der Waals surface area contributed by atoms with Crippen molar-refractivity contribution < 1.29 is 9.90 Å². The molecule has 1 aliphatic heterocycles. The van der Waals surface area contributed by atoms with Gasteiger partial charge in [-0.3, -0.25) is 4.79 Å². The molecule has 2 aromatic rings. The molecule has 2 aliphatic rings. The average molecular weight is 384 g/mol. The Balaban J connectivity index is 1.58. The molecular formula is C23H33N3O2. The Kier molecular flexibility index (Phi) is 5.72. The number of fused-ring (bicyclic) bond motifs is 3. The van der Waals surface area contributed by atoms with Crippen molar-refractivity contribution >= 4 is 16.9 Å². The lowest BCUT2D eigenvalue weighted by Crippen LogP contribution is -2.54. The molecule has 1 saturated heterocycles. The number of aromatic amines is 1. The maximum absolute atomic E-state index is 13.5. The lowest BCUT2D eigenvalue weighted by atomic mass is 9.75. The lowest BCUT2D eigenvalue weighted by molar-refractivity contribution is -0.142. The molecular weight excluding hydrogens is 350 g/mol. The maximum atomic E-state index is 13.5. The Morgan fingerprint density at radius 2 is 2.21 bits per heavy atom. The number of H-pyrrole nitrogens is 1. The number of nitrogens with one attached hydrogen (secondary N) is 1. The van der Waals surface area contributed by atoms with Crippen molar-refractivity contribution in [3.8, 4) is 0 Å². The van der Waals surface area contributed by atoms with Crippen molar-refractivity contribution in [2.75, 3.05) is 6.61 Å². The van der Waals surface area contributed by atoms with Crippen LogP contribution in [-0.2, 0) is 4.79 Å². The summed E-state index contributed by atoms with van der Waals surface area (Å²) >= 11 is 0. The Hall–Kier alpha value is -1.88. The molecule has 0 radical (unpaired) electrons. The molecule has 5 nitrogen and oxygen atoms in total. The van der Waals surface area contributed by atoms with Crippen LogP contribution in [0.25, 0.3) is 11.0 Å². The first-order valence-electron chi connectivity index (χ1n) is 10.9. The van der Waals surface area contributed by atoms with E-state index in [4.69, 9.17) is 0 Å². The summed E-state index contributed by atoms with van der Waals surface area (Å²) in [5, 5.41) is 10.7. The third-order valence-corrected chi connectivity index (χ3v) is 6.98. The molecule has 1 amide bonds. The van der Waals surface area contributed by atoms with Crippen molar-refractivity contribution in [1.82, 2.24) is 14.9 Å². The fraction of sp³-hybridized carbons (Fsp3) is 0.652. The molecule has 0 spiro atoms. The van der Waals surface area contributed by atoms with Crippen LogP contribution in [0.2, 0.25) is 0 Å². The van der Waals surface area contributed by atoms with Crippen molar-refractivity contribution in [1.29, 1.82) is 0 Å². The number of pyridine rings is 1. The van der Waals surface area contributed by atoms with E-state index < -0.39 is 0 Å². The minimum Gasteiger partial charge on any atom is -0.396 e. The summed E-state index contributed by atoms with van der Waals surface area (Å²) in [6.07, 6.45) is 10.9. The second-order valence-corrected chi connectivity index (χ2v) is 9.09. The van der Waals surface area contributed by atoms with Crippen LogP contribution in [0.5, 0.6) is 0 Å². The number of aliphatic hydroxyl groups is 1. The fourth-order valence-corrected chi connectivity index (χ4v) is 5.62. The minimum absolute atomic E-state index is 0.162. The Morgan fingerprint density at radius 3 is 3.00 bits per heavy atom. The fourth-order valence-electron chi connectivity index (χ4n) is 5.62. The molecule has 4 rings (SSSR count). The van der Waals surface area contributed by atoms with Gasteiger partial charge in [-0.25, -0.2) is 4.98 Å². The number of aliphatic hydroxyl groups excluding tert-OH is 1. The highest BCUT2D eigenvalue weighted by molar-refractivity contribution is 5.83. The van der Waals surface area contributed by atoms with Gasteiger partial charge < -0.3 is 15.0 Å². The van der Waals surface area contributed by atoms with Crippen molar-refractivity contribution in [3.05, 3.63) is 30.1 Å². The predicted molar refractivity (Wildman–Crippen MR) is 111 cm³/mol. The van der Waals surface area contributed by atoms with Crippen LogP contribution in [0.15, 0.2) is 24.5 Å². The molecule has 4 atom stereocenters. The van der Waals surface area contributed by atoms with Crippen LogP contribution in [-0.4, -0.2) is 44.6 Å². The largest absolute Gasteiger partial charge is 0.396 e. The van der Waals surface area contributed by atoms with Gasteiger partial charge in [-0.1, -0.05) is 26.7 Å². The van der Waals surface area contributed by atoms with E-state index in [9.17, 15) is 9.90 Å². The third-order valence-electron chi connectivity index (χ3n) is 6.98. The Morgan fingerprint density at radius 1 is 1.36 bits per heavy atom. The van der Waals surface area contributed by atoms with Gasteiger partial charge in [0.2, 0.25) is 5.91 Å². The molecule has 0 aromatic carbocycles. The Bertz CT molecular complexity index is 815. The monoisotopic (exact) mass is 383 g/mol. The van der Waals surface area contributed by atoms with Crippen LogP contribution >= 0.6 is 0 Å². The summed E-state index contributed by atoms with van der Waals surface area (Å²) < 4.78 is 0. The lowest BCUT2D eigenvalue weighted by Gasteiger charge is -2.48. The number of carbonyl (C=O) groups excluding carboxylic acids is 1. The molecule has 2 bridgehead atoms. The van der Waals surface area contributed by atoms with Gasteiger partial charge in [0.1, 0.15) is 5.65 Å². The molecule has 3 heterocycles. The second-order valence-electron chi connectivity index (χ2n) is 9.09. The van der Waals surface area contributed by atoms with Gasteiger partial charge in [-0.05, 0) is 61.1 Å². The van der Waals surface area contributed by atoms with Gasteiger partial charge in [0.15, 0.2) is 0 Å². The SMILES string of the molecule is CC(C)C(CC(=O)N1C(CCO)CC2CCCC1C2)c1c[nH]c2ncccc12. The first-order valence-corrected chi connectivity index (χ1v) is 10.9. The summed E-state index contributed by atoms with van der Waals surface area (Å²) in [7, 11) is 0. The first kappa shape index (κ1) is 19.4. The number of amides is 1. The second kappa shape index (κ2) is 8.24. The highest BCUT2D eigenvalue weighted by Gasteiger charge is 2.40. The van der Waals surface area contributed by atoms with E-state index in [1.165, 1.54) is 18.4 Å². The number of rotatable bonds is 6. The van der Waals surface area contributed by atoms with Crippen LogP contribution in [0.3, 0.4) is 0 Å². The molecule has 1 saturated carbocycles. The number of likely N-dealkylation sites (tertiary alicyclic amines) is 1. The quantitative estimate of drug-likeness (QED) is 0.784. The topological polar surface area (TPSA) is 69.2 Å². The molecule has 28 heavy (non-hydrogen) atoms. The van der Waals surface area contributed by atoms with E-state index in [-0.39, 0.29) is 24.5 Å². The van der Waals surface area contributed by atoms with Gasteiger partial charge in [0.25, 0.3) is 0 Å². The number of nitrogens with zero attached hydrogens (tertiary/aromatic N) is 2.